The number of carbonyl (C=O) groups is 2. The van der Waals surface area contributed by atoms with E-state index in [1.165, 1.54) is 58.9 Å². The van der Waals surface area contributed by atoms with Crippen molar-refractivity contribution in [1.82, 2.24) is 14.6 Å². The van der Waals surface area contributed by atoms with E-state index >= 15 is 0 Å². The Morgan fingerprint density at radius 3 is 1.52 bits per heavy atom. The second-order valence-corrected chi connectivity index (χ2v) is 37.2. The number of anilines is 2. The number of nitrogens with one attached hydrogen (secondary N) is 2. The zero-order chi connectivity index (χ0) is 74.4. The number of rotatable bonds is 23. The van der Waals surface area contributed by atoms with Gasteiger partial charge in [-0.3, -0.25) is 4.79 Å². The molecule has 1 amide bonds. The Morgan fingerprint density at radius 2 is 1.06 bits per heavy atom. The molecule has 532 valence electrons. The van der Waals surface area contributed by atoms with Crippen LogP contribution in [-0.2, 0) is 43.3 Å². The standard InChI is InChI=1S/C47H48N4O4S2.C36H42N5O2S3/c1-46(2)20-21-47(3,4)30-57(29-46)28-31-9-11-32(12-10-31)42(19-22-48)56-24-23-49-44(52)33-13-16-36(39(25-33)45(53)54)43-37-17-14-34(50(5)6)26-40(37)55-41-27-35(51(7)8)15-18-38(41)43;1-35(2)20-21-36(3,4)27-45(26-35)25-28-7-9-29(10-8-28)34(19-22-37)44-24-23-38-46(42,43)33-17-13-31(14-18-33)40-39-30-11-15-32(16-12-30)41(5)6/h9-19,25-27H,23-24,28-30H2,1-8H3;7-19,38H,23-27H2,1-6H3/q;+1/p+2. The molecule has 10 rings (SSSR count). The van der Waals surface area contributed by atoms with Gasteiger partial charge in [-0.1, -0.05) is 78.3 Å². The molecule has 15 nitrogen and oxygen atoms in total. The van der Waals surface area contributed by atoms with Crippen LogP contribution in [0.5, 0.6) is 0 Å². The molecule has 0 spiro atoms. The lowest BCUT2D eigenvalue weighted by molar-refractivity contribution is 0.0697. The number of allylic oxidation sites excluding steroid dienone is 2. The minimum absolute atomic E-state index is 0.00506. The monoisotopic (exact) mass is 1470 g/mol. The Hall–Kier alpha value is -8.96. The lowest BCUT2D eigenvalue weighted by Crippen LogP contribution is -2.29. The van der Waals surface area contributed by atoms with Crippen molar-refractivity contribution in [3.63, 3.8) is 0 Å². The van der Waals surface area contributed by atoms with Crippen LogP contribution in [0.2, 0.25) is 0 Å². The van der Waals surface area contributed by atoms with Crippen LogP contribution >= 0.6 is 23.5 Å². The number of aromatic carboxylic acids is 1. The predicted octanol–water partition coefficient (Wildman–Crippen LogP) is 16.1. The largest absolute Gasteiger partial charge is 0.478 e. The van der Waals surface area contributed by atoms with Gasteiger partial charge in [-0.2, -0.15) is 20.8 Å². The molecule has 6 aromatic carbocycles. The Kier molecular flexibility index (Phi) is 25.9. The smallest absolute Gasteiger partial charge is 0.336 e. The summed E-state index contributed by atoms with van der Waals surface area (Å²) in [6, 6.07) is 51.7. The normalized spacial score (nSPS) is 15.6. The molecule has 3 aliphatic heterocycles. The highest BCUT2D eigenvalue weighted by Crippen LogP contribution is 2.43. The molecule has 0 saturated heterocycles. The quantitative estimate of drug-likeness (QED) is 0.0104. The lowest BCUT2D eigenvalue weighted by atomic mass is 9.89. The van der Waals surface area contributed by atoms with Gasteiger partial charge < -0.3 is 24.6 Å². The van der Waals surface area contributed by atoms with Gasteiger partial charge in [0.25, 0.3) is 5.91 Å². The molecular formula is C83H92N9O6S5+3. The average Bonchev–Trinajstić information content (AvgIpc) is 1.20. The number of carboxylic acids is 1. The van der Waals surface area contributed by atoms with Crippen molar-refractivity contribution in [1.29, 1.82) is 10.5 Å². The maximum atomic E-state index is 13.4. The van der Waals surface area contributed by atoms with Crippen molar-refractivity contribution in [2.75, 3.05) is 99.7 Å². The third kappa shape index (κ3) is 21.8. The van der Waals surface area contributed by atoms with E-state index in [9.17, 15) is 33.6 Å². The Bertz CT molecular complexity index is 4860. The van der Waals surface area contributed by atoms with Gasteiger partial charge in [-0.05, 0) is 173 Å². The summed E-state index contributed by atoms with van der Waals surface area (Å²) in [5.41, 5.74) is 10.6. The Morgan fingerprint density at radius 1 is 0.602 bits per heavy atom. The topological polar surface area (TPSA) is 207 Å². The maximum Gasteiger partial charge on any atom is 0.336 e. The van der Waals surface area contributed by atoms with Crippen LogP contribution in [0.15, 0.2) is 183 Å². The Labute approximate surface area is 623 Å². The number of benzene rings is 7. The fourth-order valence-corrected chi connectivity index (χ4v) is 21.2. The van der Waals surface area contributed by atoms with Gasteiger partial charge >= 0.3 is 5.97 Å². The van der Waals surface area contributed by atoms with Gasteiger partial charge in [0.1, 0.15) is 60.0 Å². The number of hydrogen-bond donors (Lipinski definition) is 3. The highest BCUT2D eigenvalue weighted by atomic mass is 32.2. The van der Waals surface area contributed by atoms with Gasteiger partial charge in [0.2, 0.25) is 15.4 Å². The first-order chi connectivity index (χ1) is 48.8. The average molecular weight is 1470 g/mol. The molecule has 20 heteroatoms. The van der Waals surface area contributed by atoms with Gasteiger partial charge in [-0.15, -0.1) is 23.5 Å². The minimum atomic E-state index is -3.70. The molecule has 0 aromatic heterocycles. The molecule has 3 N–H and O–H groups in total. The summed E-state index contributed by atoms with van der Waals surface area (Å²) in [5, 5.41) is 42.6. The zero-order valence-electron chi connectivity index (χ0n) is 61.3. The van der Waals surface area contributed by atoms with Crippen molar-refractivity contribution in [3.8, 4) is 58.3 Å². The van der Waals surface area contributed by atoms with Crippen LogP contribution < -0.4 is 29.8 Å². The third-order valence-electron chi connectivity index (χ3n) is 16.9. The molecule has 0 bridgehead atoms. The first-order valence-corrected chi connectivity index (χ1v) is 40.8. The highest BCUT2D eigenvalue weighted by Gasteiger charge is 2.39. The SMILES string of the molecule is CN(C)c1ccc(N=Nc2ccc(S(=O)(=O)NCCSC(=CC#N)c3ccc(C[S+]4CC(C)(C)C#CC(C)(C)C4)cc3)cc2)cc1.CN(C)c1ccc2c(-c3ccc(C(=O)NCCSC(=CC#N)c4ccc(C[S+]5CC(C)(C)C#CC(C)(C)C5)cc4)cc3C(=O)O)c3ccc(=[N+](C)C)cc-3oc2c1. The number of amides is 1. The van der Waals surface area contributed by atoms with E-state index in [1.807, 2.05) is 117 Å². The zero-order valence-corrected chi connectivity index (χ0v) is 65.4. The molecule has 103 heavy (non-hydrogen) atoms. The number of azo groups is 1. The molecule has 4 aliphatic rings. The van der Waals surface area contributed by atoms with Crippen molar-refractivity contribution >= 4 is 111 Å². The van der Waals surface area contributed by atoms with E-state index in [1.54, 1.807) is 30.3 Å². The highest BCUT2D eigenvalue weighted by molar-refractivity contribution is 8.08. The van der Waals surface area contributed by atoms with E-state index in [0.717, 1.165) is 88.7 Å². The van der Waals surface area contributed by atoms with E-state index in [-0.39, 0.29) is 71.9 Å². The summed E-state index contributed by atoms with van der Waals surface area (Å²) < 4.78 is 36.9. The van der Waals surface area contributed by atoms with Gasteiger partial charge in [0.05, 0.1) is 61.7 Å². The molecule has 3 heterocycles. The number of carbonyl (C=O) groups excluding carboxylic acids is 1. The van der Waals surface area contributed by atoms with Crippen LogP contribution in [0.4, 0.5) is 22.7 Å². The molecule has 0 fully saturated rings. The van der Waals surface area contributed by atoms with Gasteiger partial charge in [0.15, 0.2) is 0 Å². The molecular weight excluding hydrogens is 1380 g/mol. The van der Waals surface area contributed by atoms with Crippen LogP contribution in [0.1, 0.15) is 98.4 Å². The summed E-state index contributed by atoms with van der Waals surface area (Å²) in [4.78, 5) is 32.0. The van der Waals surface area contributed by atoms with Crippen LogP contribution in [0.3, 0.4) is 0 Å². The van der Waals surface area contributed by atoms with E-state index in [2.05, 4.69) is 160 Å². The second-order valence-electron chi connectivity index (χ2n) is 28.9. The van der Waals surface area contributed by atoms with Crippen molar-refractivity contribution in [2.24, 2.45) is 31.9 Å². The molecule has 0 radical (unpaired) electrons. The summed E-state index contributed by atoms with van der Waals surface area (Å²) in [7, 11) is 8.46. The van der Waals surface area contributed by atoms with Crippen LogP contribution in [0.25, 0.3) is 43.2 Å². The number of thioether (sulfide) groups is 2. The first-order valence-electron chi connectivity index (χ1n) is 33.9. The number of carboxylic acid groups (broad SMARTS) is 1. The number of hydrogen-bond acceptors (Lipinski definition) is 13. The van der Waals surface area contributed by atoms with Gasteiger partial charge in [-0.25, -0.2) is 22.5 Å². The van der Waals surface area contributed by atoms with E-state index in [4.69, 9.17) is 4.42 Å². The summed E-state index contributed by atoms with van der Waals surface area (Å²) >= 11 is 2.95. The van der Waals surface area contributed by atoms with Crippen molar-refractivity contribution < 1.29 is 27.5 Å². The van der Waals surface area contributed by atoms with Gasteiger partial charge in [0, 0.05) is 131 Å². The number of sulfonamides is 1. The maximum absolute atomic E-state index is 13.4. The molecule has 0 atom stereocenters. The van der Waals surface area contributed by atoms with Crippen LogP contribution in [0, 0.1) is 68.0 Å². The van der Waals surface area contributed by atoms with Crippen molar-refractivity contribution in [3.05, 3.63) is 203 Å². The Balaban J connectivity index is 0.000000245. The van der Waals surface area contributed by atoms with Crippen molar-refractivity contribution in [2.45, 2.75) is 71.8 Å². The first kappa shape index (κ1) is 78.2. The summed E-state index contributed by atoms with van der Waals surface area (Å²) in [6.07, 6.45) is 3.06. The third-order valence-corrected chi connectivity index (χ3v) is 26.6. The minimum Gasteiger partial charge on any atom is -0.478 e. The van der Waals surface area contributed by atoms with E-state index in [0.29, 0.717) is 46.3 Å². The molecule has 0 unspecified atom stereocenters. The fourth-order valence-electron chi connectivity index (χ4n) is 12.0. The summed E-state index contributed by atoms with van der Waals surface area (Å²) in [5.74, 6) is 20.5. The molecule has 1 aliphatic carbocycles. The van der Waals surface area contributed by atoms with E-state index < -0.39 is 16.0 Å². The molecule has 6 aromatic rings. The predicted molar refractivity (Wildman–Crippen MR) is 433 cm³/mol. The molecule has 0 saturated carbocycles. The second kappa shape index (κ2) is 34.1. The lowest BCUT2D eigenvalue weighted by Gasteiger charge is -2.19. The number of nitriles is 2. The fraction of sp³-hybridized carbons (Fsp3) is 0.337. The number of fused-ring (bicyclic) bond motifs is 2. The van der Waals surface area contributed by atoms with Crippen LogP contribution in [-0.4, -0.2) is 115 Å². The summed E-state index contributed by atoms with van der Waals surface area (Å²) in [6.45, 7) is 18.4. The number of nitrogens with zero attached hydrogens (tertiary/aromatic N) is 7.